The number of para-hydroxylation sites is 1. The summed E-state index contributed by atoms with van der Waals surface area (Å²) in [5.74, 6) is -5.99. The van der Waals surface area contributed by atoms with Crippen LogP contribution in [0, 0.1) is 47.3 Å². The van der Waals surface area contributed by atoms with E-state index in [0.717, 1.165) is 63.0 Å². The lowest BCUT2D eigenvalue weighted by molar-refractivity contribution is -0.217. The topological polar surface area (TPSA) is 81.2 Å². The molecule has 2 bridgehead atoms. The van der Waals surface area contributed by atoms with Crippen molar-refractivity contribution in [3.8, 4) is 0 Å². The number of carbonyl (C=O) groups excluding carboxylic acids is 3. The molecule has 228 valence electrons. The van der Waals surface area contributed by atoms with Crippen LogP contribution in [0.3, 0.4) is 0 Å². The van der Waals surface area contributed by atoms with Crippen LogP contribution in [0.1, 0.15) is 51.0 Å². The highest BCUT2D eigenvalue weighted by Crippen LogP contribution is 2.65. The number of imide groups is 1. The van der Waals surface area contributed by atoms with Crippen LogP contribution < -0.4 is 4.90 Å². The maximum atomic E-state index is 14.1. The van der Waals surface area contributed by atoms with Crippen LogP contribution in [-0.2, 0) is 20.8 Å². The van der Waals surface area contributed by atoms with Crippen LogP contribution in [0.2, 0.25) is 0 Å². The number of alkyl halides is 3. The van der Waals surface area contributed by atoms with Crippen molar-refractivity contribution in [3.63, 3.8) is 0 Å². The van der Waals surface area contributed by atoms with E-state index in [0.29, 0.717) is 18.9 Å². The van der Waals surface area contributed by atoms with Crippen LogP contribution in [-0.4, -0.2) is 77.1 Å². The van der Waals surface area contributed by atoms with Crippen LogP contribution in [0.5, 0.6) is 0 Å². The van der Waals surface area contributed by atoms with Crippen LogP contribution in [0.15, 0.2) is 24.3 Å². The molecular weight excluding hydrogens is 547 g/mol. The molecule has 5 fully saturated rings. The van der Waals surface area contributed by atoms with E-state index >= 15 is 0 Å². The van der Waals surface area contributed by atoms with Crippen LogP contribution in [0.25, 0.3) is 0 Å². The fraction of sp³-hybridized carbons (Fsp3) is 0.719. The molecule has 0 spiro atoms. The first kappa shape index (κ1) is 28.3. The van der Waals surface area contributed by atoms with E-state index in [1.165, 1.54) is 11.8 Å². The standard InChI is InChI=1S/C32H40F3N3O4/c1-17(39)26-22-14-23(29(26)32(33,34)35)28-27(22)30(41)37(31(28)42)16-20-7-4-6-19(20)15-36-11-9-21(10-12-36)38-24-8-3-2-5-18(24)13-25(38)40/h2-3,5,8,17,19-23,26-29,39H,4,6-7,9-16H2,1H3/t17?,19-,20-,22?,23?,26?,27?,28?,29?/m1/s1. The smallest absolute Gasteiger partial charge is 0.392 e. The number of halogens is 3. The van der Waals surface area contributed by atoms with Crippen LogP contribution >= 0.6 is 0 Å². The van der Waals surface area contributed by atoms with Crippen molar-refractivity contribution in [1.29, 1.82) is 0 Å². The summed E-state index contributed by atoms with van der Waals surface area (Å²) in [6.45, 7) is 4.31. The van der Waals surface area contributed by atoms with Gasteiger partial charge in [-0.25, -0.2) is 0 Å². The van der Waals surface area contributed by atoms with E-state index in [2.05, 4.69) is 4.90 Å². The monoisotopic (exact) mass is 587 g/mol. The van der Waals surface area contributed by atoms with Gasteiger partial charge in [-0.3, -0.25) is 19.3 Å². The first-order chi connectivity index (χ1) is 20.0. The van der Waals surface area contributed by atoms with E-state index in [1.54, 1.807) is 0 Å². The van der Waals surface area contributed by atoms with Gasteiger partial charge < -0.3 is 14.9 Å². The van der Waals surface area contributed by atoms with Crippen molar-refractivity contribution in [2.75, 3.05) is 31.1 Å². The number of carbonyl (C=O) groups is 3. The Kier molecular flexibility index (Phi) is 6.96. The zero-order valence-corrected chi connectivity index (χ0v) is 24.0. The SMILES string of the molecule is CC(O)C1C2CC(C3C(=O)N(C[C@H]4CCC[C@@H]4CN4CCC(N5C(=O)Cc6ccccc65)CC4)C(=O)C23)C1C(F)(F)F. The molecule has 2 saturated heterocycles. The summed E-state index contributed by atoms with van der Waals surface area (Å²) < 4.78 is 42.2. The Bertz CT molecular complexity index is 1260. The Morgan fingerprint density at radius 1 is 0.929 bits per heavy atom. The number of rotatable bonds is 6. The maximum absolute atomic E-state index is 14.1. The predicted octanol–water partition coefficient (Wildman–Crippen LogP) is 3.88. The lowest BCUT2D eigenvalue weighted by Gasteiger charge is -2.38. The molecule has 1 aromatic rings. The number of aliphatic hydroxyl groups excluding tert-OH is 1. The lowest BCUT2D eigenvalue weighted by Crippen LogP contribution is -2.48. The van der Waals surface area contributed by atoms with Gasteiger partial charge in [0.1, 0.15) is 0 Å². The first-order valence-electron chi connectivity index (χ1n) is 15.8. The number of amides is 3. The van der Waals surface area contributed by atoms with Gasteiger partial charge in [0, 0.05) is 37.9 Å². The number of likely N-dealkylation sites (tertiary alicyclic amines) is 2. The highest BCUT2D eigenvalue weighted by molar-refractivity contribution is 6.06. The highest BCUT2D eigenvalue weighted by Gasteiger charge is 2.72. The zero-order chi connectivity index (χ0) is 29.5. The third-order valence-corrected chi connectivity index (χ3v) is 11.8. The van der Waals surface area contributed by atoms with Crippen molar-refractivity contribution < 1.29 is 32.7 Å². The minimum Gasteiger partial charge on any atom is -0.393 e. The summed E-state index contributed by atoms with van der Waals surface area (Å²) in [5.41, 5.74) is 2.13. The maximum Gasteiger partial charge on any atom is 0.392 e. The molecule has 0 radical (unpaired) electrons. The van der Waals surface area contributed by atoms with Crippen LogP contribution in [0.4, 0.5) is 18.9 Å². The molecule has 10 heteroatoms. The van der Waals surface area contributed by atoms with Gasteiger partial charge >= 0.3 is 6.18 Å². The molecule has 7 unspecified atom stereocenters. The van der Waals surface area contributed by atoms with Crippen molar-refractivity contribution in [3.05, 3.63) is 29.8 Å². The molecule has 3 aliphatic carbocycles. The Morgan fingerprint density at radius 3 is 2.24 bits per heavy atom. The van der Waals surface area contributed by atoms with Gasteiger partial charge in [-0.05, 0) is 80.2 Å². The number of hydrogen-bond acceptors (Lipinski definition) is 5. The minimum atomic E-state index is -4.50. The Balaban J connectivity index is 0.985. The molecule has 7 rings (SSSR count). The molecule has 3 heterocycles. The van der Waals surface area contributed by atoms with Crippen molar-refractivity contribution in [2.24, 2.45) is 47.3 Å². The fourth-order valence-corrected chi connectivity index (χ4v) is 10.1. The second-order valence-electron chi connectivity index (χ2n) is 13.8. The molecule has 3 saturated carbocycles. The van der Waals surface area contributed by atoms with Gasteiger partial charge in [-0.15, -0.1) is 0 Å². The van der Waals surface area contributed by atoms with Gasteiger partial charge in [0.05, 0.1) is 30.3 Å². The number of nitrogens with zero attached hydrogens (tertiary/aromatic N) is 3. The first-order valence-corrected chi connectivity index (χ1v) is 15.8. The third-order valence-electron chi connectivity index (χ3n) is 11.8. The van der Waals surface area contributed by atoms with E-state index in [-0.39, 0.29) is 30.2 Å². The van der Waals surface area contributed by atoms with E-state index < -0.39 is 53.7 Å². The lowest BCUT2D eigenvalue weighted by atomic mass is 9.67. The van der Waals surface area contributed by atoms with Gasteiger partial charge in [-0.2, -0.15) is 13.2 Å². The summed E-state index contributed by atoms with van der Waals surface area (Å²) in [4.78, 5) is 45.6. The second-order valence-corrected chi connectivity index (χ2v) is 13.8. The summed E-state index contributed by atoms with van der Waals surface area (Å²) in [6, 6.07) is 8.20. The normalized spacial score (nSPS) is 37.7. The number of aliphatic hydroxyl groups is 1. The van der Waals surface area contributed by atoms with E-state index in [9.17, 15) is 32.7 Å². The molecule has 3 aliphatic heterocycles. The molecule has 0 aromatic heterocycles. The summed E-state index contributed by atoms with van der Waals surface area (Å²) in [7, 11) is 0. The zero-order valence-electron chi connectivity index (χ0n) is 24.0. The molecule has 1 N–H and O–H groups in total. The third kappa shape index (κ3) is 4.42. The number of benzene rings is 1. The molecule has 42 heavy (non-hydrogen) atoms. The molecule has 9 atom stereocenters. The molecule has 3 amide bonds. The largest absolute Gasteiger partial charge is 0.393 e. The number of hydrogen-bond donors (Lipinski definition) is 1. The highest BCUT2D eigenvalue weighted by atomic mass is 19.4. The van der Waals surface area contributed by atoms with Gasteiger partial charge in [0.15, 0.2) is 0 Å². The van der Waals surface area contributed by atoms with Crippen molar-refractivity contribution in [2.45, 2.75) is 70.2 Å². The van der Waals surface area contributed by atoms with Gasteiger partial charge in [0.2, 0.25) is 17.7 Å². The van der Waals surface area contributed by atoms with E-state index in [1.807, 2.05) is 29.2 Å². The number of fused-ring (bicyclic) bond motifs is 6. The Morgan fingerprint density at radius 2 is 1.57 bits per heavy atom. The minimum absolute atomic E-state index is 0.144. The predicted molar refractivity (Wildman–Crippen MR) is 148 cm³/mol. The van der Waals surface area contributed by atoms with Gasteiger partial charge in [0.25, 0.3) is 0 Å². The number of anilines is 1. The Hall–Kier alpha value is -2.46. The van der Waals surface area contributed by atoms with Gasteiger partial charge in [-0.1, -0.05) is 24.6 Å². The number of piperidine rings is 1. The molecule has 6 aliphatic rings. The van der Waals surface area contributed by atoms with Crippen molar-refractivity contribution >= 4 is 23.4 Å². The van der Waals surface area contributed by atoms with Crippen molar-refractivity contribution in [1.82, 2.24) is 9.80 Å². The van der Waals surface area contributed by atoms with E-state index in [4.69, 9.17) is 0 Å². The molecular formula is C32H40F3N3O4. The molecule has 7 nitrogen and oxygen atoms in total. The Labute approximate surface area is 244 Å². The summed E-state index contributed by atoms with van der Waals surface area (Å²) >= 11 is 0. The fourth-order valence-electron chi connectivity index (χ4n) is 10.1. The second kappa shape index (κ2) is 10.3. The summed E-state index contributed by atoms with van der Waals surface area (Å²) in [6.07, 6.45) is -0.290. The quantitative estimate of drug-likeness (QED) is 0.511. The average Bonchev–Trinajstić information content (AvgIpc) is 3.74. The average molecular weight is 588 g/mol. The molecule has 1 aromatic carbocycles. The summed E-state index contributed by atoms with van der Waals surface area (Å²) in [5, 5.41) is 10.3.